The molecule has 1 atom stereocenters. The van der Waals surface area contributed by atoms with Crippen molar-refractivity contribution in [1.82, 2.24) is 9.78 Å². The number of anilines is 1. The molecule has 0 bridgehead atoms. The second kappa shape index (κ2) is 6.26. The van der Waals surface area contributed by atoms with E-state index in [-0.39, 0.29) is 17.1 Å². The molecular formula is C14H14N4O5. The first-order valence-corrected chi connectivity index (χ1v) is 6.64. The minimum atomic E-state index is -1.09. The standard InChI is InChI=1S/C14H14N4O5/c1-8-3-4-10(12(7-8)18(22)23)15-13(19)11-5-6-17(16-11)9(2)14(20)21/h3-7,9H,1-2H3,(H,15,19)(H,20,21). The second-order valence-corrected chi connectivity index (χ2v) is 4.93. The molecule has 0 aliphatic rings. The minimum Gasteiger partial charge on any atom is -0.480 e. The Morgan fingerprint density at radius 3 is 2.70 bits per heavy atom. The lowest BCUT2D eigenvalue weighted by Crippen LogP contribution is -2.18. The fourth-order valence-electron chi connectivity index (χ4n) is 1.87. The maximum Gasteiger partial charge on any atom is 0.328 e. The van der Waals surface area contributed by atoms with Crippen LogP contribution >= 0.6 is 0 Å². The van der Waals surface area contributed by atoms with Gasteiger partial charge in [0.05, 0.1) is 4.92 Å². The summed E-state index contributed by atoms with van der Waals surface area (Å²) in [6, 6.07) is 4.83. The van der Waals surface area contributed by atoms with Gasteiger partial charge in [-0.15, -0.1) is 0 Å². The van der Waals surface area contributed by atoms with Gasteiger partial charge in [0.25, 0.3) is 11.6 Å². The molecule has 1 aromatic heterocycles. The van der Waals surface area contributed by atoms with Crippen molar-refractivity contribution in [1.29, 1.82) is 0 Å². The first-order valence-electron chi connectivity index (χ1n) is 6.64. The predicted octanol–water partition coefficient (Wildman–Crippen LogP) is 2.00. The molecule has 0 aliphatic carbocycles. The third-order valence-electron chi connectivity index (χ3n) is 3.19. The number of nitro groups is 1. The molecule has 0 saturated heterocycles. The van der Waals surface area contributed by atoms with E-state index in [4.69, 9.17) is 5.11 Å². The molecule has 0 radical (unpaired) electrons. The number of aryl methyl sites for hydroxylation is 1. The number of rotatable bonds is 5. The Morgan fingerprint density at radius 1 is 1.39 bits per heavy atom. The van der Waals surface area contributed by atoms with Crippen molar-refractivity contribution in [3.05, 3.63) is 51.8 Å². The number of nitro benzene ring substituents is 1. The Balaban J connectivity index is 2.23. The summed E-state index contributed by atoms with van der Waals surface area (Å²) in [6.07, 6.45) is 1.36. The van der Waals surface area contributed by atoms with Crippen LogP contribution in [0.15, 0.2) is 30.5 Å². The molecule has 0 saturated carbocycles. The van der Waals surface area contributed by atoms with Gasteiger partial charge in [-0.2, -0.15) is 5.10 Å². The first kappa shape index (κ1) is 16.1. The van der Waals surface area contributed by atoms with E-state index in [1.807, 2.05) is 0 Å². The zero-order valence-corrected chi connectivity index (χ0v) is 12.4. The average molecular weight is 318 g/mol. The number of hydrogen-bond donors (Lipinski definition) is 2. The van der Waals surface area contributed by atoms with Crippen molar-refractivity contribution in [3.8, 4) is 0 Å². The Hall–Kier alpha value is -3.23. The van der Waals surface area contributed by atoms with E-state index < -0.39 is 22.8 Å². The number of carboxylic acids is 1. The highest BCUT2D eigenvalue weighted by molar-refractivity contribution is 6.04. The Morgan fingerprint density at radius 2 is 2.09 bits per heavy atom. The molecule has 1 aromatic carbocycles. The molecule has 0 aliphatic heterocycles. The number of benzene rings is 1. The van der Waals surface area contributed by atoms with Gasteiger partial charge in [0.1, 0.15) is 11.7 Å². The van der Waals surface area contributed by atoms with E-state index in [0.717, 1.165) is 4.68 Å². The SMILES string of the molecule is Cc1ccc(NC(=O)c2ccn(C(C)C(=O)O)n2)c([N+](=O)[O-])c1. The largest absolute Gasteiger partial charge is 0.480 e. The summed E-state index contributed by atoms with van der Waals surface area (Å²) in [5.41, 5.74) is 0.477. The maximum absolute atomic E-state index is 12.1. The van der Waals surface area contributed by atoms with Crippen molar-refractivity contribution in [3.63, 3.8) is 0 Å². The molecule has 1 amide bonds. The molecule has 1 unspecified atom stereocenters. The Kier molecular flexibility index (Phi) is 4.39. The van der Waals surface area contributed by atoms with Gasteiger partial charge in [0.15, 0.2) is 5.69 Å². The summed E-state index contributed by atoms with van der Waals surface area (Å²) in [5.74, 6) is -1.75. The van der Waals surface area contributed by atoms with Gasteiger partial charge in [-0.1, -0.05) is 6.07 Å². The molecule has 120 valence electrons. The molecule has 0 fully saturated rings. The molecule has 9 nitrogen and oxygen atoms in total. The van der Waals surface area contributed by atoms with Crippen LogP contribution in [0.25, 0.3) is 0 Å². The predicted molar refractivity (Wildman–Crippen MR) is 80.4 cm³/mol. The number of carbonyl (C=O) groups excluding carboxylic acids is 1. The highest BCUT2D eigenvalue weighted by Gasteiger charge is 2.20. The van der Waals surface area contributed by atoms with E-state index >= 15 is 0 Å². The lowest BCUT2D eigenvalue weighted by Gasteiger charge is -2.06. The van der Waals surface area contributed by atoms with Gasteiger partial charge < -0.3 is 10.4 Å². The summed E-state index contributed by atoms with van der Waals surface area (Å²) < 4.78 is 1.13. The number of carbonyl (C=O) groups is 2. The summed E-state index contributed by atoms with van der Waals surface area (Å²) >= 11 is 0. The number of amides is 1. The summed E-state index contributed by atoms with van der Waals surface area (Å²) in [5, 5.41) is 26.2. The van der Waals surface area contributed by atoms with Gasteiger partial charge in [-0.3, -0.25) is 19.6 Å². The molecular weight excluding hydrogens is 304 g/mol. The van der Waals surface area contributed by atoms with E-state index in [9.17, 15) is 19.7 Å². The van der Waals surface area contributed by atoms with Crippen LogP contribution in [0.3, 0.4) is 0 Å². The highest BCUT2D eigenvalue weighted by atomic mass is 16.6. The molecule has 2 aromatic rings. The number of aromatic nitrogens is 2. The summed E-state index contributed by atoms with van der Waals surface area (Å²) in [4.78, 5) is 33.4. The maximum atomic E-state index is 12.1. The van der Waals surface area contributed by atoms with E-state index in [1.165, 1.54) is 31.3 Å². The summed E-state index contributed by atoms with van der Waals surface area (Å²) in [6.45, 7) is 3.12. The van der Waals surface area contributed by atoms with Crippen molar-refractivity contribution in [2.24, 2.45) is 0 Å². The van der Waals surface area contributed by atoms with Gasteiger partial charge >= 0.3 is 5.97 Å². The topological polar surface area (TPSA) is 127 Å². The number of carboxylic acid groups (broad SMARTS) is 1. The van der Waals surface area contributed by atoms with E-state index in [0.29, 0.717) is 5.56 Å². The zero-order valence-electron chi connectivity index (χ0n) is 12.4. The van der Waals surface area contributed by atoms with Gasteiger partial charge in [-0.05, 0) is 31.5 Å². The van der Waals surface area contributed by atoms with E-state index in [1.54, 1.807) is 13.0 Å². The van der Waals surface area contributed by atoms with Crippen LogP contribution in [0.5, 0.6) is 0 Å². The number of aliphatic carboxylic acids is 1. The van der Waals surface area contributed by atoms with Crippen LogP contribution in [0, 0.1) is 17.0 Å². The second-order valence-electron chi connectivity index (χ2n) is 4.93. The van der Waals surface area contributed by atoms with Crippen LogP contribution in [-0.4, -0.2) is 31.7 Å². The van der Waals surface area contributed by atoms with Crippen LogP contribution < -0.4 is 5.32 Å². The van der Waals surface area contributed by atoms with Crippen molar-refractivity contribution in [2.45, 2.75) is 19.9 Å². The normalized spacial score (nSPS) is 11.7. The fourth-order valence-corrected chi connectivity index (χ4v) is 1.87. The fraction of sp³-hybridized carbons (Fsp3) is 0.214. The van der Waals surface area contributed by atoms with Crippen LogP contribution in [-0.2, 0) is 4.79 Å². The quantitative estimate of drug-likeness (QED) is 0.641. The van der Waals surface area contributed by atoms with Crippen LogP contribution in [0.2, 0.25) is 0 Å². The summed E-state index contributed by atoms with van der Waals surface area (Å²) in [7, 11) is 0. The van der Waals surface area contributed by atoms with Crippen molar-refractivity contribution >= 4 is 23.3 Å². The molecule has 9 heteroatoms. The molecule has 23 heavy (non-hydrogen) atoms. The number of nitrogens with one attached hydrogen (secondary N) is 1. The smallest absolute Gasteiger partial charge is 0.328 e. The molecule has 2 N–H and O–H groups in total. The van der Waals surface area contributed by atoms with Crippen LogP contribution in [0.1, 0.15) is 29.0 Å². The number of hydrogen-bond acceptors (Lipinski definition) is 5. The first-order chi connectivity index (χ1) is 10.8. The van der Waals surface area contributed by atoms with Gasteiger partial charge in [-0.25, -0.2) is 4.79 Å². The van der Waals surface area contributed by atoms with Crippen molar-refractivity contribution in [2.75, 3.05) is 5.32 Å². The Bertz CT molecular complexity index is 783. The lowest BCUT2D eigenvalue weighted by molar-refractivity contribution is -0.384. The van der Waals surface area contributed by atoms with Crippen LogP contribution in [0.4, 0.5) is 11.4 Å². The molecule has 1 heterocycles. The van der Waals surface area contributed by atoms with Crippen molar-refractivity contribution < 1.29 is 19.6 Å². The molecule has 2 rings (SSSR count). The monoisotopic (exact) mass is 318 g/mol. The highest BCUT2D eigenvalue weighted by Crippen LogP contribution is 2.25. The van der Waals surface area contributed by atoms with Gasteiger partial charge in [0.2, 0.25) is 0 Å². The average Bonchev–Trinajstić information content (AvgIpc) is 2.97. The number of nitrogens with zero attached hydrogens (tertiary/aromatic N) is 3. The lowest BCUT2D eigenvalue weighted by atomic mass is 10.2. The Labute approximate surface area is 130 Å². The van der Waals surface area contributed by atoms with E-state index in [2.05, 4.69) is 10.4 Å². The minimum absolute atomic E-state index is 0.0343. The van der Waals surface area contributed by atoms with Gasteiger partial charge in [0, 0.05) is 12.3 Å². The third-order valence-corrected chi connectivity index (χ3v) is 3.19. The zero-order chi connectivity index (χ0) is 17.1. The molecule has 0 spiro atoms. The third kappa shape index (κ3) is 3.51.